The molecule has 0 unspecified atom stereocenters. The molecule has 29 heavy (non-hydrogen) atoms. The summed E-state index contributed by atoms with van der Waals surface area (Å²) in [5.41, 5.74) is -0.267. The van der Waals surface area contributed by atoms with E-state index in [0.29, 0.717) is 4.88 Å². The van der Waals surface area contributed by atoms with E-state index in [4.69, 9.17) is 9.47 Å². The van der Waals surface area contributed by atoms with Gasteiger partial charge in [-0.2, -0.15) is 0 Å². The number of hydrogen-bond donors (Lipinski definition) is 2. The van der Waals surface area contributed by atoms with Crippen LogP contribution in [0.3, 0.4) is 0 Å². The van der Waals surface area contributed by atoms with Crippen LogP contribution in [0.1, 0.15) is 17.8 Å². The molecule has 2 aromatic rings. The predicted octanol–water partition coefficient (Wildman–Crippen LogP) is 3.05. The molecule has 1 aromatic carbocycles. The zero-order valence-electron chi connectivity index (χ0n) is 15.1. The SMILES string of the molecule is CCOC(=O)C1=C(COc2cc(F)ccc2[N+](=O)[O-])NC(=O)N[C@@H]1c1cccs1. The van der Waals surface area contributed by atoms with Gasteiger partial charge in [0.1, 0.15) is 12.4 Å². The minimum Gasteiger partial charge on any atom is -0.480 e. The molecule has 1 atom stereocenters. The molecule has 0 aliphatic carbocycles. The van der Waals surface area contributed by atoms with Gasteiger partial charge in [-0.25, -0.2) is 14.0 Å². The number of hydrogen-bond acceptors (Lipinski definition) is 7. The van der Waals surface area contributed by atoms with Gasteiger partial charge in [-0.05, 0) is 24.4 Å². The van der Waals surface area contributed by atoms with Crippen LogP contribution in [0.4, 0.5) is 14.9 Å². The van der Waals surface area contributed by atoms with Gasteiger partial charge in [0, 0.05) is 17.0 Å². The number of urea groups is 1. The van der Waals surface area contributed by atoms with E-state index >= 15 is 0 Å². The lowest BCUT2D eigenvalue weighted by atomic mass is 10.0. The van der Waals surface area contributed by atoms with Crippen molar-refractivity contribution in [2.24, 2.45) is 0 Å². The average Bonchev–Trinajstić information content (AvgIpc) is 3.20. The predicted molar refractivity (Wildman–Crippen MR) is 101 cm³/mol. The number of esters is 1. The molecule has 0 saturated heterocycles. The quantitative estimate of drug-likeness (QED) is 0.403. The number of benzene rings is 1. The van der Waals surface area contributed by atoms with Crippen molar-refractivity contribution >= 4 is 29.0 Å². The molecule has 0 spiro atoms. The van der Waals surface area contributed by atoms with Gasteiger partial charge >= 0.3 is 17.7 Å². The Morgan fingerprint density at radius 2 is 2.17 bits per heavy atom. The summed E-state index contributed by atoms with van der Waals surface area (Å²) in [6.45, 7) is 1.34. The first-order chi connectivity index (χ1) is 13.9. The lowest BCUT2D eigenvalue weighted by Gasteiger charge is -2.28. The summed E-state index contributed by atoms with van der Waals surface area (Å²) in [5, 5.41) is 18.1. The summed E-state index contributed by atoms with van der Waals surface area (Å²) in [5.74, 6) is -1.73. The second kappa shape index (κ2) is 8.69. The maximum Gasteiger partial charge on any atom is 0.338 e. The van der Waals surface area contributed by atoms with Gasteiger partial charge in [0.25, 0.3) is 0 Å². The summed E-state index contributed by atoms with van der Waals surface area (Å²) in [4.78, 5) is 35.8. The topological polar surface area (TPSA) is 120 Å². The highest BCUT2D eigenvalue weighted by atomic mass is 32.1. The van der Waals surface area contributed by atoms with E-state index < -0.39 is 41.1 Å². The van der Waals surface area contributed by atoms with Gasteiger partial charge in [0.2, 0.25) is 0 Å². The van der Waals surface area contributed by atoms with Crippen LogP contribution in [-0.4, -0.2) is 30.1 Å². The molecule has 2 amide bonds. The normalized spacial score (nSPS) is 16.1. The van der Waals surface area contributed by atoms with E-state index in [0.717, 1.165) is 18.2 Å². The number of carbonyl (C=O) groups excluding carboxylic acids is 2. The van der Waals surface area contributed by atoms with Crippen LogP contribution in [-0.2, 0) is 9.53 Å². The summed E-state index contributed by atoms with van der Waals surface area (Å²) in [7, 11) is 0. The van der Waals surface area contributed by atoms with E-state index in [1.807, 2.05) is 0 Å². The van der Waals surface area contributed by atoms with Crippen molar-refractivity contribution in [3.63, 3.8) is 0 Å². The molecule has 152 valence electrons. The molecule has 3 rings (SSSR count). The lowest BCUT2D eigenvalue weighted by molar-refractivity contribution is -0.385. The van der Waals surface area contributed by atoms with Crippen molar-refractivity contribution in [3.05, 3.63) is 67.8 Å². The van der Waals surface area contributed by atoms with Crippen molar-refractivity contribution in [2.75, 3.05) is 13.2 Å². The van der Waals surface area contributed by atoms with Crippen molar-refractivity contribution in [1.82, 2.24) is 10.6 Å². The van der Waals surface area contributed by atoms with Crippen molar-refractivity contribution in [1.29, 1.82) is 0 Å². The second-order valence-corrected chi connectivity index (χ2v) is 6.80. The summed E-state index contributed by atoms with van der Waals surface area (Å²) in [6, 6.07) is 4.93. The van der Waals surface area contributed by atoms with Gasteiger partial charge in [-0.1, -0.05) is 6.07 Å². The number of carbonyl (C=O) groups is 2. The molecule has 0 bridgehead atoms. The maximum absolute atomic E-state index is 13.5. The highest BCUT2D eigenvalue weighted by Gasteiger charge is 2.34. The molecule has 2 heterocycles. The molecular formula is C18H16FN3O6S. The zero-order chi connectivity index (χ0) is 21.0. The van der Waals surface area contributed by atoms with Crippen LogP contribution < -0.4 is 15.4 Å². The van der Waals surface area contributed by atoms with E-state index in [2.05, 4.69) is 10.6 Å². The minimum absolute atomic E-state index is 0.0733. The molecule has 0 saturated carbocycles. The zero-order valence-corrected chi connectivity index (χ0v) is 16.0. The third kappa shape index (κ3) is 4.51. The first-order valence-corrected chi connectivity index (χ1v) is 9.36. The van der Waals surface area contributed by atoms with Gasteiger partial charge < -0.3 is 20.1 Å². The summed E-state index contributed by atoms with van der Waals surface area (Å²) < 4.78 is 24.0. The summed E-state index contributed by atoms with van der Waals surface area (Å²) >= 11 is 1.33. The molecule has 0 radical (unpaired) electrons. The highest BCUT2D eigenvalue weighted by molar-refractivity contribution is 7.10. The molecular weight excluding hydrogens is 405 g/mol. The third-order valence-electron chi connectivity index (χ3n) is 3.97. The van der Waals surface area contributed by atoms with Gasteiger partial charge in [0.05, 0.1) is 28.8 Å². The molecule has 1 aromatic heterocycles. The van der Waals surface area contributed by atoms with Gasteiger partial charge in [-0.15, -0.1) is 11.3 Å². The van der Waals surface area contributed by atoms with Gasteiger partial charge in [0.15, 0.2) is 5.75 Å². The Morgan fingerprint density at radius 3 is 2.83 bits per heavy atom. The number of nitrogens with one attached hydrogen (secondary N) is 2. The molecule has 1 aliphatic rings. The van der Waals surface area contributed by atoms with Crippen LogP contribution in [0.25, 0.3) is 0 Å². The van der Waals surface area contributed by atoms with Crippen LogP contribution >= 0.6 is 11.3 Å². The Balaban J connectivity index is 1.98. The van der Waals surface area contributed by atoms with Crippen molar-refractivity contribution in [2.45, 2.75) is 13.0 Å². The fourth-order valence-corrected chi connectivity index (χ4v) is 3.54. The van der Waals surface area contributed by atoms with Crippen LogP contribution in [0.15, 0.2) is 47.0 Å². The van der Waals surface area contributed by atoms with E-state index in [9.17, 15) is 24.1 Å². The minimum atomic E-state index is -0.774. The maximum atomic E-state index is 13.5. The fraction of sp³-hybridized carbons (Fsp3) is 0.222. The number of nitro groups is 1. The molecule has 9 nitrogen and oxygen atoms in total. The number of amides is 2. The summed E-state index contributed by atoms with van der Waals surface area (Å²) in [6.07, 6.45) is 0. The van der Waals surface area contributed by atoms with Crippen molar-refractivity contribution in [3.8, 4) is 5.75 Å². The third-order valence-corrected chi connectivity index (χ3v) is 4.90. The second-order valence-electron chi connectivity index (χ2n) is 5.82. The van der Waals surface area contributed by atoms with Crippen LogP contribution in [0, 0.1) is 15.9 Å². The highest BCUT2D eigenvalue weighted by Crippen LogP contribution is 2.32. The molecule has 2 N–H and O–H groups in total. The molecule has 0 fully saturated rings. The fourth-order valence-electron chi connectivity index (χ4n) is 2.75. The average molecular weight is 421 g/mol. The Labute approximate surface area is 168 Å². The Kier molecular flexibility index (Phi) is 6.07. The number of ether oxygens (including phenoxy) is 2. The largest absolute Gasteiger partial charge is 0.480 e. The first kappa shape index (κ1) is 20.3. The Morgan fingerprint density at radius 1 is 1.38 bits per heavy atom. The Bertz CT molecular complexity index is 976. The Hall–Kier alpha value is -3.47. The first-order valence-electron chi connectivity index (χ1n) is 8.48. The van der Waals surface area contributed by atoms with E-state index in [1.54, 1.807) is 24.4 Å². The van der Waals surface area contributed by atoms with Crippen LogP contribution in [0.2, 0.25) is 0 Å². The smallest absolute Gasteiger partial charge is 0.338 e. The molecule has 11 heteroatoms. The van der Waals surface area contributed by atoms with Crippen molar-refractivity contribution < 1.29 is 28.4 Å². The lowest BCUT2D eigenvalue weighted by Crippen LogP contribution is -2.47. The number of rotatable bonds is 7. The number of nitro benzene ring substituents is 1. The van der Waals surface area contributed by atoms with E-state index in [-0.39, 0.29) is 23.6 Å². The van der Waals surface area contributed by atoms with Gasteiger partial charge in [-0.3, -0.25) is 10.1 Å². The van der Waals surface area contributed by atoms with E-state index in [1.165, 1.54) is 11.3 Å². The number of halogens is 1. The number of thiophene rings is 1. The van der Waals surface area contributed by atoms with Crippen LogP contribution in [0.5, 0.6) is 5.75 Å². The standard InChI is InChI=1S/C18H16FN3O6S/c1-2-27-17(23)15-11(20-18(24)21-16(15)14-4-3-7-29-14)9-28-13-8-10(19)5-6-12(13)22(25)26/h3-8,16H,2,9H2,1H3,(H2,20,21,24)/t16-/m1/s1. The number of nitrogens with zero attached hydrogens (tertiary/aromatic N) is 1. The monoisotopic (exact) mass is 421 g/mol. The molecule has 1 aliphatic heterocycles.